The van der Waals surface area contributed by atoms with Gasteiger partial charge in [-0.3, -0.25) is 0 Å². The van der Waals surface area contributed by atoms with Gasteiger partial charge in [-0.25, -0.2) is 4.79 Å². The highest BCUT2D eigenvalue weighted by molar-refractivity contribution is 5.86. The number of esters is 1. The predicted molar refractivity (Wildman–Crippen MR) is 134 cm³/mol. The maximum Gasteiger partial charge on any atom is 0.416 e. The van der Waals surface area contributed by atoms with Crippen molar-refractivity contribution < 1.29 is 27.4 Å². The van der Waals surface area contributed by atoms with Crippen LogP contribution in [0.15, 0.2) is 65.8 Å². The molecule has 2 aromatic rings. The van der Waals surface area contributed by atoms with Gasteiger partial charge in [0.05, 0.1) is 18.4 Å². The predicted octanol–water partition coefficient (Wildman–Crippen LogP) is 7.29. The molecule has 0 bridgehead atoms. The summed E-state index contributed by atoms with van der Waals surface area (Å²) in [5, 5.41) is 0. The first-order chi connectivity index (χ1) is 16.3. The number of nitrogens with two attached hydrogens (primary N) is 1. The van der Waals surface area contributed by atoms with Gasteiger partial charge in [-0.15, -0.1) is 0 Å². The number of hydrogen-bond donors (Lipinski definition) is 1. The van der Waals surface area contributed by atoms with Crippen molar-refractivity contribution in [1.29, 1.82) is 0 Å². The van der Waals surface area contributed by atoms with E-state index in [9.17, 15) is 18.0 Å². The fourth-order valence-electron chi connectivity index (χ4n) is 3.35. The summed E-state index contributed by atoms with van der Waals surface area (Å²) in [6.45, 7) is 9.80. The van der Waals surface area contributed by atoms with Crippen LogP contribution in [-0.4, -0.2) is 13.1 Å². The van der Waals surface area contributed by atoms with Crippen LogP contribution >= 0.6 is 0 Å². The molecule has 0 aliphatic heterocycles. The highest BCUT2D eigenvalue weighted by Gasteiger charge is 2.31. The van der Waals surface area contributed by atoms with Crippen molar-refractivity contribution in [2.24, 2.45) is 0 Å². The number of ether oxygens (including phenoxy) is 2. The first-order valence-electron chi connectivity index (χ1n) is 10.9. The summed E-state index contributed by atoms with van der Waals surface area (Å²) in [6, 6.07) is 4.59. The lowest BCUT2D eigenvalue weighted by molar-refractivity contribution is -0.137. The Morgan fingerprint density at radius 1 is 0.971 bits per heavy atom. The Hall–Kier alpha value is -3.74. The van der Waals surface area contributed by atoms with Crippen LogP contribution in [0.25, 0.3) is 6.08 Å². The molecule has 35 heavy (non-hydrogen) atoms. The number of carbonyl (C=O) groups excluding carboxylic acids is 1. The number of carbonyl (C=O) groups is 1. The molecule has 0 aliphatic rings. The second-order valence-corrected chi connectivity index (χ2v) is 8.22. The normalized spacial score (nSPS) is 13.1. The summed E-state index contributed by atoms with van der Waals surface area (Å²) in [4.78, 5) is 12.1. The Kier molecular flexibility index (Phi) is 9.12. The van der Waals surface area contributed by atoms with Gasteiger partial charge in [0.25, 0.3) is 0 Å². The standard InChI is InChI=1S/C28H30F3NO3/c1-17(10-12-23-19(3)15-26(34-6)21(5)20(23)4)8-7-9-18(2)14-27(33)35-25-13-11-22(16-24(25)32)28(29,30)31/h7-16H,32H2,1-6H3/b9-7+,12-10+,17-8+,18-14+. The van der Waals surface area contributed by atoms with Crippen LogP contribution in [0.4, 0.5) is 18.9 Å². The van der Waals surface area contributed by atoms with Crippen molar-refractivity contribution in [2.75, 3.05) is 12.8 Å². The molecule has 0 saturated carbocycles. The zero-order chi connectivity index (χ0) is 26.3. The highest BCUT2D eigenvalue weighted by Crippen LogP contribution is 2.33. The third-order valence-electron chi connectivity index (χ3n) is 5.45. The molecule has 0 fully saturated rings. The number of hydrogen-bond acceptors (Lipinski definition) is 4. The monoisotopic (exact) mass is 485 g/mol. The number of nitrogen functional groups attached to an aromatic ring is 1. The molecule has 0 aliphatic carbocycles. The topological polar surface area (TPSA) is 61.5 Å². The maximum absolute atomic E-state index is 12.7. The Morgan fingerprint density at radius 2 is 1.66 bits per heavy atom. The number of alkyl halides is 3. The smallest absolute Gasteiger partial charge is 0.416 e. The van der Waals surface area contributed by atoms with Crippen LogP contribution in [0, 0.1) is 20.8 Å². The van der Waals surface area contributed by atoms with Crippen molar-refractivity contribution in [2.45, 2.75) is 40.8 Å². The van der Waals surface area contributed by atoms with E-state index >= 15 is 0 Å². The van der Waals surface area contributed by atoms with Crippen molar-refractivity contribution in [3.05, 3.63) is 93.6 Å². The van der Waals surface area contributed by atoms with Gasteiger partial charge in [0.2, 0.25) is 0 Å². The minimum Gasteiger partial charge on any atom is -0.496 e. The lowest BCUT2D eigenvalue weighted by atomic mass is 9.96. The average molecular weight is 486 g/mol. The molecule has 4 nitrogen and oxygen atoms in total. The van der Waals surface area contributed by atoms with Gasteiger partial charge < -0.3 is 15.2 Å². The summed E-state index contributed by atoms with van der Waals surface area (Å²) in [6.07, 6.45) is 6.20. The van der Waals surface area contributed by atoms with Gasteiger partial charge in [-0.05, 0) is 86.7 Å². The van der Waals surface area contributed by atoms with Crippen molar-refractivity contribution in [1.82, 2.24) is 0 Å². The minimum absolute atomic E-state index is 0.128. The first kappa shape index (κ1) is 27.5. The Bertz CT molecular complexity index is 1220. The van der Waals surface area contributed by atoms with E-state index in [1.165, 1.54) is 6.08 Å². The molecule has 0 saturated heterocycles. The molecule has 0 heterocycles. The van der Waals surface area contributed by atoms with Crippen molar-refractivity contribution in [3.8, 4) is 11.5 Å². The van der Waals surface area contributed by atoms with E-state index in [2.05, 4.69) is 13.0 Å². The highest BCUT2D eigenvalue weighted by atomic mass is 19.4. The SMILES string of the molecule is COc1cc(C)c(/C=C/C(C)=C/C=C/C(C)=C/C(=O)Oc2ccc(C(F)(F)F)cc2N)c(C)c1C. The zero-order valence-electron chi connectivity index (χ0n) is 20.7. The molecule has 0 amide bonds. The number of methoxy groups -OCH3 is 1. The molecule has 7 heteroatoms. The number of aryl methyl sites for hydroxylation is 1. The van der Waals surface area contributed by atoms with Crippen molar-refractivity contribution in [3.63, 3.8) is 0 Å². The van der Waals surface area contributed by atoms with Crippen LogP contribution in [0.5, 0.6) is 11.5 Å². The van der Waals surface area contributed by atoms with E-state index in [0.29, 0.717) is 5.57 Å². The van der Waals surface area contributed by atoms with E-state index in [4.69, 9.17) is 15.2 Å². The second kappa shape index (κ2) is 11.6. The largest absolute Gasteiger partial charge is 0.496 e. The zero-order valence-corrected chi connectivity index (χ0v) is 20.7. The lowest BCUT2D eigenvalue weighted by Gasteiger charge is -2.13. The fourth-order valence-corrected chi connectivity index (χ4v) is 3.35. The molecule has 0 unspecified atom stereocenters. The number of anilines is 1. The van der Waals surface area contributed by atoms with Crippen LogP contribution in [-0.2, 0) is 11.0 Å². The molecule has 2 rings (SSSR count). The second-order valence-electron chi connectivity index (χ2n) is 8.22. The van der Waals surface area contributed by atoms with Gasteiger partial charge in [0, 0.05) is 6.08 Å². The van der Waals surface area contributed by atoms with Gasteiger partial charge >= 0.3 is 12.1 Å². The number of rotatable bonds is 7. The van der Waals surface area contributed by atoms with Crippen LogP contribution in [0.3, 0.4) is 0 Å². The Balaban J connectivity index is 2.05. The molecule has 2 N–H and O–H groups in total. The third-order valence-corrected chi connectivity index (χ3v) is 5.45. The summed E-state index contributed by atoms with van der Waals surface area (Å²) in [5.41, 5.74) is 10.5. The Labute approximate surface area is 204 Å². The van der Waals surface area contributed by atoms with Gasteiger partial charge in [-0.1, -0.05) is 36.0 Å². The molecule has 186 valence electrons. The molecule has 0 radical (unpaired) electrons. The summed E-state index contributed by atoms with van der Waals surface area (Å²) in [5.74, 6) is 0.00504. The van der Waals surface area contributed by atoms with E-state index in [0.717, 1.165) is 51.8 Å². The Morgan fingerprint density at radius 3 is 2.26 bits per heavy atom. The maximum atomic E-state index is 12.7. The van der Waals surface area contributed by atoms with E-state index in [1.807, 2.05) is 39.0 Å². The molecular formula is C28H30F3NO3. The van der Waals surface area contributed by atoms with E-state index in [-0.39, 0.29) is 11.4 Å². The average Bonchev–Trinajstić information content (AvgIpc) is 2.76. The quantitative estimate of drug-likeness (QED) is 0.147. The van der Waals surface area contributed by atoms with E-state index < -0.39 is 17.7 Å². The third kappa shape index (κ3) is 7.64. The molecular weight excluding hydrogens is 455 g/mol. The number of benzene rings is 2. The van der Waals surface area contributed by atoms with Crippen LogP contribution in [0.1, 0.15) is 41.7 Å². The minimum atomic E-state index is -4.52. The number of halogens is 3. The first-order valence-corrected chi connectivity index (χ1v) is 10.9. The summed E-state index contributed by atoms with van der Waals surface area (Å²) >= 11 is 0. The molecule has 2 aromatic carbocycles. The van der Waals surface area contributed by atoms with Gasteiger partial charge in [0.1, 0.15) is 5.75 Å². The number of allylic oxidation sites excluding steroid dienone is 6. The van der Waals surface area contributed by atoms with Crippen LogP contribution in [0.2, 0.25) is 0 Å². The summed E-state index contributed by atoms with van der Waals surface area (Å²) < 4.78 is 48.7. The van der Waals surface area contributed by atoms with Crippen LogP contribution < -0.4 is 15.2 Å². The molecule has 0 aromatic heterocycles. The van der Waals surface area contributed by atoms with Gasteiger partial charge in [0.15, 0.2) is 5.75 Å². The summed E-state index contributed by atoms with van der Waals surface area (Å²) in [7, 11) is 1.66. The molecule has 0 spiro atoms. The fraction of sp³-hybridized carbons (Fsp3) is 0.250. The van der Waals surface area contributed by atoms with Gasteiger partial charge in [-0.2, -0.15) is 13.2 Å². The van der Waals surface area contributed by atoms with E-state index in [1.54, 1.807) is 26.2 Å². The lowest BCUT2D eigenvalue weighted by Crippen LogP contribution is -2.09. The molecule has 0 atom stereocenters. The van der Waals surface area contributed by atoms with Crippen molar-refractivity contribution >= 4 is 17.7 Å².